The van der Waals surface area contributed by atoms with Crippen LogP contribution in [0.25, 0.3) is 0 Å². The molecule has 0 radical (unpaired) electrons. The summed E-state index contributed by atoms with van der Waals surface area (Å²) in [5, 5.41) is 20.6. The predicted molar refractivity (Wildman–Crippen MR) is 84.1 cm³/mol. The standard InChI is InChI=1S/C18H24N2O/c1-20-11-8-14-12-15(6-7-16(14)20)17(21)18(13-19)9-4-2-3-5-10-18/h6-7,12,17,21H,2-5,8-11H2,1H3. The zero-order chi connectivity index (χ0) is 14.9. The average molecular weight is 284 g/mol. The van der Waals surface area contributed by atoms with Crippen molar-refractivity contribution in [3.8, 4) is 6.07 Å². The zero-order valence-corrected chi connectivity index (χ0v) is 12.8. The van der Waals surface area contributed by atoms with Gasteiger partial charge in [-0.15, -0.1) is 0 Å². The van der Waals surface area contributed by atoms with Gasteiger partial charge in [0.2, 0.25) is 0 Å². The van der Waals surface area contributed by atoms with E-state index in [1.165, 1.54) is 24.1 Å². The molecule has 3 heteroatoms. The van der Waals surface area contributed by atoms with Gasteiger partial charge in [-0.2, -0.15) is 5.26 Å². The second kappa shape index (κ2) is 5.69. The van der Waals surface area contributed by atoms with E-state index in [-0.39, 0.29) is 0 Å². The predicted octanol–water partition coefficient (Wildman–Crippen LogP) is 3.58. The summed E-state index contributed by atoms with van der Waals surface area (Å²) >= 11 is 0. The summed E-state index contributed by atoms with van der Waals surface area (Å²) in [4.78, 5) is 2.25. The van der Waals surface area contributed by atoms with Gasteiger partial charge in [0.15, 0.2) is 0 Å². The lowest BCUT2D eigenvalue weighted by molar-refractivity contribution is 0.0516. The van der Waals surface area contributed by atoms with Crippen molar-refractivity contribution in [3.63, 3.8) is 0 Å². The van der Waals surface area contributed by atoms with E-state index in [9.17, 15) is 10.4 Å². The maximum atomic E-state index is 10.9. The molecule has 112 valence electrons. The Morgan fingerprint density at radius 1 is 1.24 bits per heavy atom. The molecule has 1 N–H and O–H groups in total. The number of hydrogen-bond donors (Lipinski definition) is 1. The second-order valence-electron chi connectivity index (χ2n) is 6.64. The van der Waals surface area contributed by atoms with E-state index in [2.05, 4.69) is 30.1 Å². The highest BCUT2D eigenvalue weighted by atomic mass is 16.3. The number of hydrogen-bond acceptors (Lipinski definition) is 3. The van der Waals surface area contributed by atoms with Crippen molar-refractivity contribution >= 4 is 5.69 Å². The highest BCUT2D eigenvalue weighted by Crippen LogP contribution is 2.45. The summed E-state index contributed by atoms with van der Waals surface area (Å²) in [5.74, 6) is 0. The van der Waals surface area contributed by atoms with E-state index in [1.807, 2.05) is 6.07 Å². The highest BCUT2D eigenvalue weighted by molar-refractivity contribution is 5.58. The van der Waals surface area contributed by atoms with Gasteiger partial charge in [-0.3, -0.25) is 0 Å². The first-order valence-electron chi connectivity index (χ1n) is 8.09. The molecule has 2 aliphatic rings. The molecule has 0 aromatic heterocycles. The first-order chi connectivity index (χ1) is 10.2. The first-order valence-corrected chi connectivity index (χ1v) is 8.09. The second-order valence-corrected chi connectivity index (χ2v) is 6.64. The van der Waals surface area contributed by atoms with Crippen molar-refractivity contribution in [1.29, 1.82) is 5.26 Å². The van der Waals surface area contributed by atoms with E-state index in [4.69, 9.17) is 0 Å². The highest BCUT2D eigenvalue weighted by Gasteiger charge is 2.39. The Morgan fingerprint density at radius 2 is 1.95 bits per heavy atom. The Balaban J connectivity index is 1.90. The Morgan fingerprint density at radius 3 is 2.62 bits per heavy atom. The molecule has 0 bridgehead atoms. The lowest BCUT2D eigenvalue weighted by Gasteiger charge is -2.31. The molecule has 1 unspecified atom stereocenters. The summed E-state index contributed by atoms with van der Waals surface area (Å²) in [7, 11) is 2.10. The van der Waals surface area contributed by atoms with Gasteiger partial charge in [0.1, 0.15) is 0 Å². The van der Waals surface area contributed by atoms with Crippen LogP contribution in [0.2, 0.25) is 0 Å². The van der Waals surface area contributed by atoms with Crippen molar-refractivity contribution in [2.24, 2.45) is 5.41 Å². The first kappa shape index (κ1) is 14.4. The average Bonchev–Trinajstić information content (AvgIpc) is 2.74. The zero-order valence-electron chi connectivity index (χ0n) is 12.8. The van der Waals surface area contributed by atoms with Gasteiger partial charge in [-0.25, -0.2) is 0 Å². The monoisotopic (exact) mass is 284 g/mol. The molecule has 1 heterocycles. The van der Waals surface area contributed by atoms with Gasteiger partial charge in [0.25, 0.3) is 0 Å². The van der Waals surface area contributed by atoms with E-state index >= 15 is 0 Å². The fraction of sp³-hybridized carbons (Fsp3) is 0.611. The third-order valence-electron chi connectivity index (χ3n) is 5.29. The molecule has 3 rings (SSSR count). The molecular formula is C18H24N2O. The summed E-state index contributed by atoms with van der Waals surface area (Å²) < 4.78 is 0. The summed E-state index contributed by atoms with van der Waals surface area (Å²) in [6, 6.07) is 8.70. The topological polar surface area (TPSA) is 47.3 Å². The Labute approximate surface area is 127 Å². The largest absolute Gasteiger partial charge is 0.387 e. The summed E-state index contributed by atoms with van der Waals surface area (Å²) in [5.41, 5.74) is 2.90. The summed E-state index contributed by atoms with van der Waals surface area (Å²) in [6.07, 6.45) is 6.50. The Kier molecular flexibility index (Phi) is 3.91. The van der Waals surface area contributed by atoms with Crippen LogP contribution < -0.4 is 4.90 Å². The van der Waals surface area contributed by atoms with Crippen molar-refractivity contribution in [2.45, 2.75) is 51.0 Å². The molecule has 1 aromatic rings. The van der Waals surface area contributed by atoms with Crippen LogP contribution in [0, 0.1) is 16.7 Å². The van der Waals surface area contributed by atoms with Gasteiger partial charge >= 0.3 is 0 Å². The maximum Gasteiger partial charge on any atom is 0.0976 e. The van der Waals surface area contributed by atoms with E-state index < -0.39 is 11.5 Å². The molecule has 3 nitrogen and oxygen atoms in total. The fourth-order valence-corrected chi connectivity index (χ4v) is 3.88. The molecule has 0 amide bonds. The van der Waals surface area contributed by atoms with Crippen molar-refractivity contribution in [1.82, 2.24) is 0 Å². The Bertz CT molecular complexity index is 553. The minimum Gasteiger partial charge on any atom is -0.387 e. The molecule has 1 atom stereocenters. The van der Waals surface area contributed by atoms with E-state index in [0.717, 1.165) is 44.2 Å². The third kappa shape index (κ3) is 2.53. The van der Waals surface area contributed by atoms with E-state index in [1.54, 1.807) is 0 Å². The van der Waals surface area contributed by atoms with Crippen LogP contribution >= 0.6 is 0 Å². The number of rotatable bonds is 2. The van der Waals surface area contributed by atoms with Gasteiger partial charge in [-0.1, -0.05) is 37.8 Å². The van der Waals surface area contributed by atoms with Crippen molar-refractivity contribution in [3.05, 3.63) is 29.3 Å². The molecule has 1 aliphatic carbocycles. The van der Waals surface area contributed by atoms with Gasteiger partial charge in [0, 0.05) is 19.3 Å². The molecule has 1 fully saturated rings. The number of likely N-dealkylation sites (N-methyl/N-ethyl adjacent to an activating group) is 1. The lowest BCUT2D eigenvalue weighted by atomic mass is 9.74. The fourth-order valence-electron chi connectivity index (χ4n) is 3.88. The number of aliphatic hydroxyl groups is 1. The molecule has 1 saturated carbocycles. The van der Waals surface area contributed by atoms with Crippen LogP contribution in [0.5, 0.6) is 0 Å². The summed E-state index contributed by atoms with van der Waals surface area (Å²) in [6.45, 7) is 1.04. The van der Waals surface area contributed by atoms with Gasteiger partial charge < -0.3 is 10.0 Å². The number of nitrogens with zero attached hydrogens (tertiary/aromatic N) is 2. The molecular weight excluding hydrogens is 260 g/mol. The molecule has 0 saturated heterocycles. The normalized spacial score (nSPS) is 22.2. The SMILES string of the molecule is CN1CCc2cc(C(O)C3(C#N)CCCCCC3)ccc21. The number of nitriles is 1. The van der Waals surface area contributed by atoms with Crippen molar-refractivity contribution in [2.75, 3.05) is 18.5 Å². The Hall–Kier alpha value is -1.53. The van der Waals surface area contributed by atoms with Crippen LogP contribution in [-0.2, 0) is 6.42 Å². The van der Waals surface area contributed by atoms with Crippen LogP contribution in [-0.4, -0.2) is 18.7 Å². The van der Waals surface area contributed by atoms with Gasteiger partial charge in [-0.05, 0) is 36.5 Å². The van der Waals surface area contributed by atoms with Crippen LogP contribution in [0.4, 0.5) is 5.69 Å². The minimum atomic E-state index is -0.656. The molecule has 1 aromatic carbocycles. The minimum absolute atomic E-state index is 0.588. The number of anilines is 1. The van der Waals surface area contributed by atoms with Gasteiger partial charge in [0.05, 0.1) is 17.6 Å². The molecule has 0 spiro atoms. The lowest BCUT2D eigenvalue weighted by Crippen LogP contribution is -2.27. The number of aliphatic hydroxyl groups excluding tert-OH is 1. The smallest absolute Gasteiger partial charge is 0.0976 e. The van der Waals surface area contributed by atoms with Crippen LogP contribution in [0.3, 0.4) is 0 Å². The quantitative estimate of drug-likeness (QED) is 0.844. The van der Waals surface area contributed by atoms with Crippen LogP contribution in [0.15, 0.2) is 18.2 Å². The maximum absolute atomic E-state index is 10.9. The number of benzene rings is 1. The molecule has 1 aliphatic heterocycles. The van der Waals surface area contributed by atoms with Crippen molar-refractivity contribution < 1.29 is 5.11 Å². The number of fused-ring (bicyclic) bond motifs is 1. The van der Waals surface area contributed by atoms with E-state index in [0.29, 0.717) is 0 Å². The van der Waals surface area contributed by atoms with Crippen LogP contribution in [0.1, 0.15) is 55.8 Å². The third-order valence-corrected chi connectivity index (χ3v) is 5.29. The molecule has 21 heavy (non-hydrogen) atoms.